The van der Waals surface area contributed by atoms with Gasteiger partial charge in [-0.25, -0.2) is 17.9 Å². The highest BCUT2D eigenvalue weighted by atomic mass is 32.2. The number of benzene rings is 3. The Morgan fingerprint density at radius 3 is 2.08 bits per heavy atom. The highest BCUT2D eigenvalue weighted by Crippen LogP contribution is 2.40. The van der Waals surface area contributed by atoms with Crippen molar-refractivity contribution in [3.63, 3.8) is 0 Å². The molecule has 38 heavy (non-hydrogen) atoms. The molecule has 3 aromatic carbocycles. The van der Waals surface area contributed by atoms with Crippen molar-refractivity contribution in [2.45, 2.75) is 11.8 Å². The number of carbonyl (C=O) groups is 2. The number of anilines is 2. The molecule has 0 saturated heterocycles. The normalized spacial score (nSPS) is 10.9. The van der Waals surface area contributed by atoms with E-state index in [9.17, 15) is 18.0 Å². The minimum Gasteiger partial charge on any atom is -0.465 e. The summed E-state index contributed by atoms with van der Waals surface area (Å²) < 4.78 is 32.4. The Bertz CT molecular complexity index is 1580. The van der Waals surface area contributed by atoms with Gasteiger partial charge in [0.05, 0.1) is 12.0 Å². The zero-order valence-electron chi connectivity index (χ0n) is 20.3. The molecular formula is C27H23N3O5S3. The van der Waals surface area contributed by atoms with E-state index in [4.69, 9.17) is 17.0 Å². The monoisotopic (exact) mass is 565 g/mol. The van der Waals surface area contributed by atoms with E-state index in [2.05, 4.69) is 15.4 Å². The molecule has 0 spiro atoms. The number of thiocarbonyl (C=S) groups is 1. The van der Waals surface area contributed by atoms with Crippen molar-refractivity contribution in [1.82, 2.24) is 4.72 Å². The number of thiophene rings is 1. The second kappa shape index (κ2) is 11.5. The van der Waals surface area contributed by atoms with Crippen molar-refractivity contribution in [3.05, 3.63) is 101 Å². The maximum absolute atomic E-state index is 12.7. The quantitative estimate of drug-likeness (QED) is 0.201. The van der Waals surface area contributed by atoms with Crippen LogP contribution in [0, 0.1) is 6.92 Å². The van der Waals surface area contributed by atoms with Gasteiger partial charge in [-0.1, -0.05) is 48.5 Å². The molecule has 3 N–H and O–H groups in total. The lowest BCUT2D eigenvalue weighted by Crippen LogP contribution is -2.30. The van der Waals surface area contributed by atoms with Gasteiger partial charge >= 0.3 is 5.97 Å². The fourth-order valence-electron chi connectivity index (χ4n) is 3.69. The van der Waals surface area contributed by atoms with Crippen LogP contribution in [0.3, 0.4) is 0 Å². The molecule has 0 unspecified atom stereocenters. The van der Waals surface area contributed by atoms with Gasteiger partial charge < -0.3 is 15.4 Å². The number of nitrogens with one attached hydrogen (secondary N) is 3. The number of hydrogen-bond acceptors (Lipinski definition) is 7. The molecule has 1 aromatic heterocycles. The molecule has 11 heteroatoms. The molecule has 0 fully saturated rings. The Hall–Kier alpha value is -4.06. The fraction of sp³-hybridized carbons (Fsp3) is 0.0741. The number of rotatable bonds is 7. The Morgan fingerprint density at radius 2 is 1.47 bits per heavy atom. The summed E-state index contributed by atoms with van der Waals surface area (Å²) in [5.41, 5.74) is 2.76. The number of esters is 1. The van der Waals surface area contributed by atoms with Crippen molar-refractivity contribution in [3.8, 4) is 11.1 Å². The molecule has 0 saturated carbocycles. The van der Waals surface area contributed by atoms with Gasteiger partial charge in [0.2, 0.25) is 0 Å². The van der Waals surface area contributed by atoms with Crippen LogP contribution in [-0.2, 0) is 14.8 Å². The van der Waals surface area contributed by atoms with Crippen molar-refractivity contribution >= 4 is 61.3 Å². The van der Waals surface area contributed by atoms with E-state index in [0.29, 0.717) is 16.3 Å². The van der Waals surface area contributed by atoms with E-state index in [1.807, 2.05) is 37.3 Å². The second-order valence-electron chi connectivity index (χ2n) is 8.00. The van der Waals surface area contributed by atoms with Crippen molar-refractivity contribution < 1.29 is 22.7 Å². The van der Waals surface area contributed by atoms with E-state index in [-0.39, 0.29) is 15.6 Å². The van der Waals surface area contributed by atoms with Gasteiger partial charge in [0.25, 0.3) is 15.9 Å². The van der Waals surface area contributed by atoms with E-state index < -0.39 is 21.9 Å². The molecule has 8 nitrogen and oxygen atoms in total. The summed E-state index contributed by atoms with van der Waals surface area (Å²) in [5.74, 6) is -1.22. The minimum absolute atomic E-state index is 0.0828. The molecule has 0 radical (unpaired) electrons. The number of methoxy groups -OCH3 is 1. The Kier molecular flexibility index (Phi) is 8.20. The lowest BCUT2D eigenvalue weighted by Gasteiger charge is -2.12. The maximum atomic E-state index is 12.7. The van der Waals surface area contributed by atoms with E-state index in [1.54, 1.807) is 18.2 Å². The van der Waals surface area contributed by atoms with Crippen LogP contribution in [0.25, 0.3) is 11.1 Å². The smallest absolute Gasteiger partial charge is 0.341 e. The lowest BCUT2D eigenvalue weighted by molar-refractivity contribution is 0.0603. The number of amides is 1. The van der Waals surface area contributed by atoms with Crippen LogP contribution in [0.1, 0.15) is 25.6 Å². The summed E-state index contributed by atoms with van der Waals surface area (Å²) in [6.45, 7) is 1.91. The van der Waals surface area contributed by atoms with E-state index >= 15 is 0 Å². The summed E-state index contributed by atoms with van der Waals surface area (Å²) >= 11 is 6.81. The Labute approximate surface area is 229 Å². The maximum Gasteiger partial charge on any atom is 0.341 e. The molecule has 4 rings (SSSR count). The van der Waals surface area contributed by atoms with Crippen LogP contribution in [0.5, 0.6) is 0 Å². The summed E-state index contributed by atoms with van der Waals surface area (Å²) in [5, 5.41) is 6.76. The van der Waals surface area contributed by atoms with Crippen LogP contribution < -0.4 is 15.4 Å². The second-order valence-corrected chi connectivity index (χ2v) is 11.3. The lowest BCUT2D eigenvalue weighted by atomic mass is 10.0. The molecule has 0 aliphatic rings. The SMILES string of the molecule is COC(=O)c1c(NC(=S)Nc2ccc(S(=O)(=O)NC(=O)c3ccccc3)cc2)sc(C)c1-c1ccccc1. The number of ether oxygens (including phenoxy) is 1. The van der Waals surface area contributed by atoms with Crippen molar-refractivity contribution in [1.29, 1.82) is 0 Å². The van der Waals surface area contributed by atoms with Gasteiger partial charge in [-0.2, -0.15) is 0 Å². The third-order valence-corrected chi connectivity index (χ3v) is 8.02. The van der Waals surface area contributed by atoms with Crippen LogP contribution in [-0.4, -0.2) is 32.5 Å². The van der Waals surface area contributed by atoms with Gasteiger partial charge in [0, 0.05) is 21.7 Å². The number of carbonyl (C=O) groups excluding carboxylic acids is 2. The minimum atomic E-state index is -4.07. The van der Waals surface area contributed by atoms with Crippen LogP contribution in [0.2, 0.25) is 0 Å². The predicted molar refractivity (Wildman–Crippen MR) is 153 cm³/mol. The molecule has 4 aromatic rings. The van der Waals surface area contributed by atoms with Crippen LogP contribution in [0.4, 0.5) is 10.7 Å². The Balaban J connectivity index is 1.48. The number of sulfonamides is 1. The first kappa shape index (κ1) is 27.0. The molecule has 1 amide bonds. The first-order valence-corrected chi connectivity index (χ1v) is 14.0. The van der Waals surface area contributed by atoms with Crippen LogP contribution >= 0.6 is 23.6 Å². The molecule has 0 aliphatic carbocycles. The van der Waals surface area contributed by atoms with Gasteiger partial charge in [0.15, 0.2) is 5.11 Å². The zero-order valence-corrected chi connectivity index (χ0v) is 22.8. The predicted octanol–water partition coefficient (Wildman–Crippen LogP) is 5.44. The first-order chi connectivity index (χ1) is 18.2. The third kappa shape index (κ3) is 6.08. The standard InChI is InChI=1S/C27H23N3O5S3/c1-17-22(18-9-5-3-6-10-18)23(26(32)35-2)25(37-17)29-27(36)28-20-13-15-21(16-14-20)38(33,34)30-24(31)19-11-7-4-8-12-19/h3-16H,1-2H3,(H,30,31)(H2,28,29,36). The highest BCUT2D eigenvalue weighted by molar-refractivity contribution is 7.90. The fourth-order valence-corrected chi connectivity index (χ4v) is 6.02. The molecule has 1 heterocycles. The van der Waals surface area contributed by atoms with Gasteiger partial charge in [-0.05, 0) is 61.1 Å². The number of hydrogen-bond donors (Lipinski definition) is 3. The van der Waals surface area contributed by atoms with Gasteiger partial charge in [-0.15, -0.1) is 11.3 Å². The van der Waals surface area contributed by atoms with E-state index in [1.165, 1.54) is 54.8 Å². The molecule has 0 atom stereocenters. The number of aryl methyl sites for hydroxylation is 1. The molecule has 0 aliphatic heterocycles. The summed E-state index contributed by atoms with van der Waals surface area (Å²) in [6, 6.07) is 23.3. The average molecular weight is 566 g/mol. The molecule has 0 bridgehead atoms. The molecule has 194 valence electrons. The highest BCUT2D eigenvalue weighted by Gasteiger charge is 2.24. The van der Waals surface area contributed by atoms with Gasteiger partial charge in [0.1, 0.15) is 10.6 Å². The largest absolute Gasteiger partial charge is 0.465 e. The summed E-state index contributed by atoms with van der Waals surface area (Å²) in [4.78, 5) is 25.8. The van der Waals surface area contributed by atoms with Crippen molar-refractivity contribution in [2.75, 3.05) is 17.7 Å². The summed E-state index contributed by atoms with van der Waals surface area (Å²) in [6.07, 6.45) is 0. The molecular weight excluding hydrogens is 543 g/mol. The summed E-state index contributed by atoms with van der Waals surface area (Å²) in [7, 11) is -2.75. The first-order valence-electron chi connectivity index (χ1n) is 11.3. The zero-order chi connectivity index (χ0) is 27.3. The Morgan fingerprint density at radius 1 is 0.868 bits per heavy atom. The average Bonchev–Trinajstić information content (AvgIpc) is 3.24. The van der Waals surface area contributed by atoms with Gasteiger partial charge in [-0.3, -0.25) is 4.79 Å². The van der Waals surface area contributed by atoms with Crippen LogP contribution in [0.15, 0.2) is 89.8 Å². The third-order valence-electron chi connectivity index (χ3n) is 5.45. The van der Waals surface area contributed by atoms with E-state index in [0.717, 1.165) is 16.0 Å². The van der Waals surface area contributed by atoms with Crippen molar-refractivity contribution in [2.24, 2.45) is 0 Å². The topological polar surface area (TPSA) is 114 Å².